The van der Waals surface area contributed by atoms with E-state index in [-0.39, 0.29) is 12.5 Å². The van der Waals surface area contributed by atoms with Crippen LogP contribution in [0.4, 0.5) is 11.4 Å². The van der Waals surface area contributed by atoms with Gasteiger partial charge in [0.15, 0.2) is 6.61 Å². The van der Waals surface area contributed by atoms with Gasteiger partial charge in [-0.15, -0.1) is 0 Å². The fourth-order valence-corrected chi connectivity index (χ4v) is 1.78. The summed E-state index contributed by atoms with van der Waals surface area (Å²) in [4.78, 5) is 11.8. The van der Waals surface area contributed by atoms with E-state index in [1.54, 1.807) is 42.5 Å². The number of nitrogens with one attached hydrogen (secondary N) is 1. The molecule has 2 aromatic carbocycles. The van der Waals surface area contributed by atoms with Gasteiger partial charge in [0.1, 0.15) is 5.75 Å². The van der Waals surface area contributed by atoms with Crippen LogP contribution in [0.15, 0.2) is 42.5 Å². The van der Waals surface area contributed by atoms with E-state index in [2.05, 4.69) is 5.32 Å². The summed E-state index contributed by atoms with van der Waals surface area (Å²) in [5, 5.41) is 3.39. The Balaban J connectivity index is 1.92. The topological polar surface area (TPSA) is 64.3 Å². The van der Waals surface area contributed by atoms with Gasteiger partial charge in [-0.2, -0.15) is 0 Å². The molecule has 0 unspecified atom stereocenters. The lowest BCUT2D eigenvalue weighted by atomic mass is 10.1. The monoisotopic (exact) mass is 290 g/mol. The van der Waals surface area contributed by atoms with Gasteiger partial charge in [-0.1, -0.05) is 17.7 Å². The molecule has 0 saturated carbocycles. The molecular weight excluding hydrogens is 276 g/mol. The molecule has 0 aliphatic heterocycles. The molecule has 0 aliphatic carbocycles. The lowest BCUT2D eigenvalue weighted by Gasteiger charge is -2.11. The molecule has 0 heterocycles. The Morgan fingerprint density at radius 2 is 1.95 bits per heavy atom. The highest BCUT2D eigenvalue weighted by molar-refractivity contribution is 6.30. The Kier molecular flexibility index (Phi) is 4.48. The summed E-state index contributed by atoms with van der Waals surface area (Å²) in [6, 6.07) is 12.2. The van der Waals surface area contributed by atoms with Gasteiger partial charge < -0.3 is 15.8 Å². The summed E-state index contributed by atoms with van der Waals surface area (Å²) < 4.78 is 5.36. The number of ether oxygens (including phenoxy) is 1. The van der Waals surface area contributed by atoms with Crippen LogP contribution in [0.2, 0.25) is 5.02 Å². The molecule has 0 aromatic heterocycles. The smallest absolute Gasteiger partial charge is 0.262 e. The Labute approximate surface area is 122 Å². The lowest BCUT2D eigenvalue weighted by molar-refractivity contribution is -0.118. The summed E-state index contributed by atoms with van der Waals surface area (Å²) in [5.74, 6) is 0.350. The van der Waals surface area contributed by atoms with Crippen molar-refractivity contribution in [1.82, 2.24) is 0 Å². The molecule has 2 aromatic rings. The Hall–Kier alpha value is -2.20. The summed E-state index contributed by atoms with van der Waals surface area (Å²) in [5.41, 5.74) is 7.95. The first-order chi connectivity index (χ1) is 9.56. The van der Waals surface area contributed by atoms with Crippen molar-refractivity contribution in [2.45, 2.75) is 6.92 Å². The second kappa shape index (κ2) is 6.30. The maximum Gasteiger partial charge on any atom is 0.262 e. The molecule has 20 heavy (non-hydrogen) atoms. The van der Waals surface area contributed by atoms with Crippen LogP contribution in [0.3, 0.4) is 0 Å². The molecule has 0 saturated heterocycles. The van der Waals surface area contributed by atoms with E-state index >= 15 is 0 Å². The number of rotatable bonds is 4. The second-order valence-electron chi connectivity index (χ2n) is 4.31. The number of hydrogen-bond donors (Lipinski definition) is 2. The van der Waals surface area contributed by atoms with Crippen LogP contribution in [0.25, 0.3) is 0 Å². The zero-order valence-electron chi connectivity index (χ0n) is 11.0. The maximum atomic E-state index is 11.8. The summed E-state index contributed by atoms with van der Waals surface area (Å²) in [6.45, 7) is 1.78. The highest BCUT2D eigenvalue weighted by Crippen LogP contribution is 2.20. The van der Waals surface area contributed by atoms with Crippen molar-refractivity contribution < 1.29 is 9.53 Å². The number of hydrogen-bond acceptors (Lipinski definition) is 3. The van der Waals surface area contributed by atoms with E-state index in [1.807, 2.05) is 6.92 Å². The molecule has 0 spiro atoms. The van der Waals surface area contributed by atoms with Crippen LogP contribution >= 0.6 is 11.6 Å². The van der Waals surface area contributed by atoms with Gasteiger partial charge in [0, 0.05) is 16.4 Å². The number of nitrogens with two attached hydrogens (primary N) is 1. The van der Waals surface area contributed by atoms with Crippen LogP contribution < -0.4 is 15.8 Å². The summed E-state index contributed by atoms with van der Waals surface area (Å²) in [6.07, 6.45) is 0. The van der Waals surface area contributed by atoms with Crippen LogP contribution in [0.1, 0.15) is 5.56 Å². The third kappa shape index (κ3) is 3.65. The van der Waals surface area contributed by atoms with Crippen molar-refractivity contribution in [3.05, 3.63) is 53.1 Å². The van der Waals surface area contributed by atoms with Gasteiger partial charge in [-0.25, -0.2) is 0 Å². The van der Waals surface area contributed by atoms with E-state index in [9.17, 15) is 4.79 Å². The molecule has 0 fully saturated rings. The van der Waals surface area contributed by atoms with E-state index in [1.165, 1.54) is 0 Å². The average Bonchev–Trinajstić information content (AvgIpc) is 2.43. The number of carbonyl (C=O) groups excluding carboxylic acids is 1. The predicted octanol–water partition coefficient (Wildman–Crippen LogP) is 3.25. The molecule has 0 atom stereocenters. The molecule has 0 bridgehead atoms. The van der Waals surface area contributed by atoms with Gasteiger partial charge in [0.05, 0.1) is 0 Å². The van der Waals surface area contributed by atoms with Crippen molar-refractivity contribution >= 4 is 28.9 Å². The fraction of sp³-hybridized carbons (Fsp3) is 0.133. The van der Waals surface area contributed by atoms with Crippen molar-refractivity contribution in [3.63, 3.8) is 0 Å². The van der Waals surface area contributed by atoms with Gasteiger partial charge >= 0.3 is 0 Å². The van der Waals surface area contributed by atoms with Crippen molar-refractivity contribution in [2.24, 2.45) is 0 Å². The van der Waals surface area contributed by atoms with Crippen LogP contribution in [0.5, 0.6) is 5.75 Å². The number of halogens is 1. The van der Waals surface area contributed by atoms with E-state index in [4.69, 9.17) is 22.1 Å². The van der Waals surface area contributed by atoms with Gasteiger partial charge in [-0.3, -0.25) is 4.79 Å². The minimum absolute atomic E-state index is 0.0735. The second-order valence-corrected chi connectivity index (χ2v) is 4.75. The van der Waals surface area contributed by atoms with Crippen LogP contribution in [-0.2, 0) is 4.79 Å². The van der Waals surface area contributed by atoms with Crippen molar-refractivity contribution in [3.8, 4) is 5.75 Å². The first-order valence-corrected chi connectivity index (χ1v) is 6.47. The Morgan fingerprint density at radius 3 is 2.65 bits per heavy atom. The highest BCUT2D eigenvalue weighted by atomic mass is 35.5. The normalized spacial score (nSPS) is 10.1. The van der Waals surface area contributed by atoms with E-state index in [0.29, 0.717) is 22.1 Å². The third-order valence-electron chi connectivity index (χ3n) is 2.83. The van der Waals surface area contributed by atoms with Gasteiger partial charge in [0.25, 0.3) is 5.91 Å². The number of nitrogen functional groups attached to an aromatic ring is 1. The molecule has 3 N–H and O–H groups in total. The molecule has 104 valence electrons. The quantitative estimate of drug-likeness (QED) is 0.850. The number of carbonyl (C=O) groups is 1. The van der Waals surface area contributed by atoms with Crippen molar-refractivity contribution in [2.75, 3.05) is 17.7 Å². The summed E-state index contributed by atoms with van der Waals surface area (Å²) in [7, 11) is 0. The zero-order valence-corrected chi connectivity index (χ0v) is 11.8. The zero-order chi connectivity index (χ0) is 14.5. The first-order valence-electron chi connectivity index (χ1n) is 6.09. The minimum Gasteiger partial charge on any atom is -0.484 e. The molecule has 0 radical (unpaired) electrons. The van der Waals surface area contributed by atoms with Gasteiger partial charge in [-0.05, 0) is 48.9 Å². The van der Waals surface area contributed by atoms with Crippen LogP contribution in [-0.4, -0.2) is 12.5 Å². The Bertz CT molecular complexity index is 612. The molecule has 0 aliphatic rings. The SMILES string of the molecule is Cc1c(N)cccc1NC(=O)COc1ccc(Cl)cc1. The first kappa shape index (κ1) is 14.2. The lowest BCUT2D eigenvalue weighted by Crippen LogP contribution is -2.20. The molecule has 5 heteroatoms. The number of amides is 1. The minimum atomic E-state index is -0.242. The maximum absolute atomic E-state index is 11.8. The van der Waals surface area contributed by atoms with Crippen molar-refractivity contribution in [1.29, 1.82) is 0 Å². The fourth-order valence-electron chi connectivity index (χ4n) is 1.65. The standard InChI is InChI=1S/C15H15ClN2O2/c1-10-13(17)3-2-4-14(10)18-15(19)9-20-12-7-5-11(16)6-8-12/h2-8H,9,17H2,1H3,(H,18,19). The largest absolute Gasteiger partial charge is 0.484 e. The predicted molar refractivity (Wildman–Crippen MR) is 81.2 cm³/mol. The molecule has 1 amide bonds. The molecular formula is C15H15ClN2O2. The summed E-state index contributed by atoms with van der Waals surface area (Å²) >= 11 is 5.77. The van der Waals surface area contributed by atoms with E-state index in [0.717, 1.165) is 5.56 Å². The van der Waals surface area contributed by atoms with Gasteiger partial charge in [0.2, 0.25) is 0 Å². The van der Waals surface area contributed by atoms with Crippen LogP contribution in [0, 0.1) is 6.92 Å². The van der Waals surface area contributed by atoms with E-state index < -0.39 is 0 Å². The molecule has 4 nitrogen and oxygen atoms in total. The Morgan fingerprint density at radius 1 is 1.25 bits per heavy atom. The number of anilines is 2. The third-order valence-corrected chi connectivity index (χ3v) is 3.09. The average molecular weight is 291 g/mol. The number of benzene rings is 2. The molecule has 2 rings (SSSR count). The highest BCUT2D eigenvalue weighted by Gasteiger charge is 2.07.